The number of carbonyl (C=O) groups is 2. The number of ether oxygens (including phenoxy) is 1. The van der Waals surface area contributed by atoms with Crippen molar-refractivity contribution in [3.63, 3.8) is 0 Å². The topological polar surface area (TPSA) is 110 Å². The fourth-order valence-corrected chi connectivity index (χ4v) is 4.34. The lowest BCUT2D eigenvalue weighted by molar-refractivity contribution is -0.145. The van der Waals surface area contributed by atoms with Crippen molar-refractivity contribution >= 4 is 27.6 Å². The van der Waals surface area contributed by atoms with Gasteiger partial charge in [-0.25, -0.2) is 13.6 Å². The molecular weight excluding hydrogens is 418 g/mol. The highest BCUT2D eigenvalue weighted by Crippen LogP contribution is 2.30. The third kappa shape index (κ3) is 5.69. The smallest absolute Gasteiger partial charge is 0.309 e. The molecule has 8 nitrogen and oxygen atoms in total. The lowest BCUT2D eigenvalue weighted by Gasteiger charge is -2.27. The van der Waals surface area contributed by atoms with Crippen LogP contribution in [-0.4, -0.2) is 51.9 Å². The average Bonchev–Trinajstić information content (AvgIpc) is 3.16. The summed E-state index contributed by atoms with van der Waals surface area (Å²) < 4.78 is 28.0. The van der Waals surface area contributed by atoms with E-state index < -0.39 is 10.0 Å². The van der Waals surface area contributed by atoms with Gasteiger partial charge in [0, 0.05) is 25.3 Å². The van der Waals surface area contributed by atoms with Gasteiger partial charge in [0.05, 0.1) is 24.5 Å². The second-order valence-electron chi connectivity index (χ2n) is 7.71. The number of hydrogen-bond donors (Lipinski definition) is 1. The van der Waals surface area contributed by atoms with Crippen LogP contribution in [0.15, 0.2) is 53.4 Å². The average molecular weight is 446 g/mol. The molecule has 0 fully saturated rings. The Morgan fingerprint density at radius 1 is 1.19 bits per heavy atom. The van der Waals surface area contributed by atoms with Crippen molar-refractivity contribution in [1.82, 2.24) is 4.90 Å². The minimum Gasteiger partial charge on any atom is -0.469 e. The first-order valence-corrected chi connectivity index (χ1v) is 11.5. The second kappa shape index (κ2) is 9.59. The molecule has 0 saturated carbocycles. The van der Waals surface area contributed by atoms with Crippen molar-refractivity contribution in [2.75, 3.05) is 31.6 Å². The Hall–Kier alpha value is -2.75. The molecule has 0 aliphatic carbocycles. The Morgan fingerprint density at radius 2 is 1.90 bits per heavy atom. The molecule has 1 amide bonds. The van der Waals surface area contributed by atoms with Gasteiger partial charge in [-0.1, -0.05) is 37.3 Å². The number of nitrogens with zero attached hydrogens (tertiary/aromatic N) is 2. The highest BCUT2D eigenvalue weighted by molar-refractivity contribution is 7.89. The van der Waals surface area contributed by atoms with E-state index in [1.54, 1.807) is 17.9 Å². The molecule has 0 bridgehead atoms. The number of sulfonamides is 1. The van der Waals surface area contributed by atoms with E-state index in [0.717, 1.165) is 11.1 Å². The summed E-state index contributed by atoms with van der Waals surface area (Å²) in [5.74, 6) is -0.827. The molecule has 0 saturated heterocycles. The van der Waals surface area contributed by atoms with Crippen molar-refractivity contribution < 1.29 is 22.7 Å². The van der Waals surface area contributed by atoms with Gasteiger partial charge in [-0.15, -0.1) is 0 Å². The fourth-order valence-electron chi connectivity index (χ4n) is 3.78. The maximum absolute atomic E-state index is 13.1. The van der Waals surface area contributed by atoms with Crippen LogP contribution in [-0.2, 0) is 37.3 Å². The first-order valence-electron chi connectivity index (χ1n) is 9.99. The first kappa shape index (κ1) is 22.9. The number of rotatable bonds is 8. The van der Waals surface area contributed by atoms with E-state index in [-0.39, 0.29) is 29.2 Å². The van der Waals surface area contributed by atoms with Gasteiger partial charge >= 0.3 is 5.97 Å². The maximum atomic E-state index is 13.1. The summed E-state index contributed by atoms with van der Waals surface area (Å²) in [6, 6.07) is 14.3. The largest absolute Gasteiger partial charge is 0.469 e. The lowest BCUT2D eigenvalue weighted by Crippen LogP contribution is -2.42. The van der Waals surface area contributed by atoms with E-state index in [2.05, 4.69) is 0 Å². The molecule has 166 valence electrons. The van der Waals surface area contributed by atoms with Crippen LogP contribution >= 0.6 is 0 Å². The second-order valence-corrected chi connectivity index (χ2v) is 9.27. The van der Waals surface area contributed by atoms with Gasteiger partial charge in [-0.05, 0) is 35.7 Å². The van der Waals surface area contributed by atoms with Crippen molar-refractivity contribution in [3.8, 4) is 0 Å². The van der Waals surface area contributed by atoms with Gasteiger partial charge in [0.15, 0.2) is 0 Å². The van der Waals surface area contributed by atoms with Crippen LogP contribution in [0.5, 0.6) is 0 Å². The molecule has 0 spiro atoms. The first-order chi connectivity index (χ1) is 14.7. The van der Waals surface area contributed by atoms with Crippen LogP contribution in [0.2, 0.25) is 0 Å². The number of primary sulfonamides is 1. The van der Waals surface area contributed by atoms with Gasteiger partial charge < -0.3 is 9.64 Å². The fraction of sp³-hybridized carbons (Fsp3) is 0.364. The number of amides is 1. The number of carbonyl (C=O) groups excluding carboxylic acids is 2. The number of methoxy groups -OCH3 is 1. The zero-order valence-corrected chi connectivity index (χ0v) is 18.5. The molecule has 2 N–H and O–H groups in total. The summed E-state index contributed by atoms with van der Waals surface area (Å²) in [7, 11) is -2.45. The Kier molecular flexibility index (Phi) is 7.09. The van der Waals surface area contributed by atoms with Crippen LogP contribution in [0.3, 0.4) is 0 Å². The Morgan fingerprint density at radius 3 is 2.55 bits per heavy atom. The van der Waals surface area contributed by atoms with Gasteiger partial charge in [0.25, 0.3) is 0 Å². The Bertz CT molecular complexity index is 1060. The van der Waals surface area contributed by atoms with Crippen molar-refractivity contribution in [2.24, 2.45) is 11.1 Å². The molecular formula is C22H27N3O5S. The molecule has 1 heterocycles. The molecule has 0 radical (unpaired) electrons. The van der Waals surface area contributed by atoms with Gasteiger partial charge in [-0.2, -0.15) is 0 Å². The summed E-state index contributed by atoms with van der Waals surface area (Å²) in [5.41, 5.74) is 2.50. The Labute approximate surface area is 182 Å². The molecule has 1 atom stereocenters. The number of esters is 1. The molecule has 3 rings (SSSR count). The number of fused-ring (bicyclic) bond motifs is 1. The minimum absolute atomic E-state index is 0.0400. The minimum atomic E-state index is -3.80. The summed E-state index contributed by atoms with van der Waals surface area (Å²) in [4.78, 5) is 28.7. The summed E-state index contributed by atoms with van der Waals surface area (Å²) in [5, 5.41) is 5.21. The van der Waals surface area contributed by atoms with Crippen molar-refractivity contribution in [2.45, 2.75) is 24.8 Å². The molecule has 9 heteroatoms. The van der Waals surface area contributed by atoms with Crippen LogP contribution in [0.4, 0.5) is 5.69 Å². The zero-order chi connectivity index (χ0) is 22.6. The SMILES string of the molecule is COC(=O)[C@@H](C)CN(CC(=O)N1CCc2cc(S(N)(=O)=O)ccc21)Cc1ccccc1. The van der Waals surface area contributed by atoms with Crippen LogP contribution < -0.4 is 10.0 Å². The van der Waals surface area contributed by atoms with E-state index >= 15 is 0 Å². The summed E-state index contributed by atoms with van der Waals surface area (Å²) in [6.45, 7) is 3.24. The normalized spacial score (nSPS) is 14.4. The van der Waals surface area contributed by atoms with Crippen LogP contribution in [0.25, 0.3) is 0 Å². The summed E-state index contributed by atoms with van der Waals surface area (Å²) in [6.07, 6.45) is 0.557. The van der Waals surface area contributed by atoms with Crippen molar-refractivity contribution in [3.05, 3.63) is 59.7 Å². The number of hydrogen-bond acceptors (Lipinski definition) is 6. The number of nitrogens with two attached hydrogens (primary N) is 1. The third-order valence-electron chi connectivity index (χ3n) is 5.32. The highest BCUT2D eigenvalue weighted by Gasteiger charge is 2.28. The molecule has 0 aromatic heterocycles. The van der Waals surface area contributed by atoms with Crippen LogP contribution in [0.1, 0.15) is 18.1 Å². The lowest BCUT2D eigenvalue weighted by atomic mass is 10.1. The van der Waals surface area contributed by atoms with E-state index in [9.17, 15) is 18.0 Å². The molecule has 1 aliphatic rings. The summed E-state index contributed by atoms with van der Waals surface area (Å²) >= 11 is 0. The third-order valence-corrected chi connectivity index (χ3v) is 6.23. The molecule has 2 aromatic carbocycles. The standard InChI is InChI=1S/C22H27N3O5S/c1-16(22(27)30-2)13-24(14-17-6-4-3-5-7-17)15-21(26)25-11-10-18-12-19(31(23,28)29)8-9-20(18)25/h3-9,12,16H,10-11,13-15H2,1-2H3,(H2,23,28,29)/t16-/m0/s1. The highest BCUT2D eigenvalue weighted by atomic mass is 32.2. The van der Waals surface area contributed by atoms with Crippen LogP contribution in [0, 0.1) is 5.92 Å². The predicted octanol–water partition coefficient (Wildman–Crippen LogP) is 1.53. The zero-order valence-electron chi connectivity index (χ0n) is 17.7. The van der Waals surface area contributed by atoms with Crippen molar-refractivity contribution in [1.29, 1.82) is 0 Å². The monoisotopic (exact) mass is 445 g/mol. The molecule has 1 aliphatic heterocycles. The number of benzene rings is 2. The number of anilines is 1. The van der Waals surface area contributed by atoms with E-state index in [4.69, 9.17) is 9.88 Å². The quantitative estimate of drug-likeness (QED) is 0.617. The van der Waals surface area contributed by atoms with Gasteiger partial charge in [-0.3, -0.25) is 14.5 Å². The maximum Gasteiger partial charge on any atom is 0.309 e. The van der Waals surface area contributed by atoms with Gasteiger partial charge in [0.2, 0.25) is 15.9 Å². The molecule has 31 heavy (non-hydrogen) atoms. The van der Waals surface area contributed by atoms with E-state index in [0.29, 0.717) is 31.7 Å². The van der Waals surface area contributed by atoms with Gasteiger partial charge in [0.1, 0.15) is 0 Å². The van der Waals surface area contributed by atoms with E-state index in [1.165, 1.54) is 19.2 Å². The molecule has 2 aromatic rings. The molecule has 0 unspecified atom stereocenters. The Balaban J connectivity index is 1.77. The predicted molar refractivity (Wildman–Crippen MR) is 117 cm³/mol. The van der Waals surface area contributed by atoms with E-state index in [1.807, 2.05) is 35.2 Å².